The fourth-order valence-electron chi connectivity index (χ4n) is 9.96. The Morgan fingerprint density at radius 2 is 0.849 bits per heavy atom. The van der Waals surface area contributed by atoms with Crippen LogP contribution in [-0.4, -0.2) is 0 Å². The number of hydrogen-bond donors (Lipinski definition) is 0. The summed E-state index contributed by atoms with van der Waals surface area (Å²) in [7, 11) is 0. The molecule has 2 aliphatic rings. The lowest BCUT2D eigenvalue weighted by Crippen LogP contribution is -2.38. The maximum absolute atomic E-state index is 2.55. The van der Waals surface area contributed by atoms with Gasteiger partial charge in [0.05, 0.1) is 16.8 Å². The van der Waals surface area contributed by atoms with Crippen LogP contribution in [0, 0.1) is 0 Å². The van der Waals surface area contributed by atoms with E-state index in [2.05, 4.69) is 207 Å². The van der Waals surface area contributed by atoms with Crippen LogP contribution >= 0.6 is 0 Å². The van der Waals surface area contributed by atoms with E-state index >= 15 is 0 Å². The predicted molar refractivity (Wildman–Crippen MR) is 223 cm³/mol. The molecule has 0 saturated carbocycles. The van der Waals surface area contributed by atoms with Crippen LogP contribution in [-0.2, 0) is 10.8 Å². The maximum Gasteiger partial charge on any atom is 0.0742 e. The van der Waals surface area contributed by atoms with Crippen LogP contribution in [0.3, 0.4) is 0 Å². The second-order valence-corrected chi connectivity index (χ2v) is 15.2. The smallest absolute Gasteiger partial charge is 0.0742 e. The van der Waals surface area contributed by atoms with Gasteiger partial charge in [0.2, 0.25) is 0 Å². The molecule has 9 aromatic carbocycles. The number of hydrogen-bond acceptors (Lipinski definition) is 1. The van der Waals surface area contributed by atoms with E-state index in [0.29, 0.717) is 0 Å². The van der Waals surface area contributed by atoms with E-state index in [9.17, 15) is 0 Å². The lowest BCUT2D eigenvalue weighted by molar-refractivity contribution is 0.658. The van der Waals surface area contributed by atoms with Crippen molar-refractivity contribution in [1.29, 1.82) is 0 Å². The average molecular weight is 676 g/mol. The zero-order valence-corrected chi connectivity index (χ0v) is 29.8. The van der Waals surface area contributed by atoms with Gasteiger partial charge in [0.1, 0.15) is 0 Å². The highest BCUT2D eigenvalue weighted by Crippen LogP contribution is 2.61. The Morgan fingerprint density at radius 3 is 1.49 bits per heavy atom. The lowest BCUT2D eigenvalue weighted by atomic mass is 9.62. The van der Waals surface area contributed by atoms with E-state index in [1.165, 1.54) is 88.2 Å². The fraction of sp³-hybridized carbons (Fsp3) is 0.0769. The summed E-state index contributed by atoms with van der Waals surface area (Å²) in [4.78, 5) is 2.55. The standard InChI is InChI=1S/C52H37N/c1-51(2)45-26-14-13-25-42(45)44-32-48-50(33-47(44)51)53(36-29-30-41-39-23-10-9-21-37(39)38-22-11-12-24-40(38)43(41)31-36)49-28-16-15-27-46(49)52(48,34-17-5-3-6-18-34)35-19-7-4-8-20-35/h3-33H,1-2H3. The van der Waals surface area contributed by atoms with E-state index < -0.39 is 5.41 Å². The molecule has 0 bridgehead atoms. The molecule has 1 aliphatic carbocycles. The van der Waals surface area contributed by atoms with Crippen molar-refractivity contribution in [1.82, 2.24) is 0 Å². The van der Waals surface area contributed by atoms with E-state index in [4.69, 9.17) is 0 Å². The Bertz CT molecular complexity index is 2840. The van der Waals surface area contributed by atoms with Crippen LogP contribution in [0.2, 0.25) is 0 Å². The summed E-state index contributed by atoms with van der Waals surface area (Å²) in [5.41, 5.74) is 13.4. The lowest BCUT2D eigenvalue weighted by Gasteiger charge is -2.47. The first kappa shape index (κ1) is 30.2. The summed E-state index contributed by atoms with van der Waals surface area (Å²) in [6, 6.07) is 70.4. The van der Waals surface area contributed by atoms with Gasteiger partial charge in [-0.25, -0.2) is 0 Å². The van der Waals surface area contributed by atoms with Crippen LogP contribution in [0.25, 0.3) is 43.4 Å². The van der Waals surface area contributed by atoms with Crippen molar-refractivity contribution in [2.75, 3.05) is 4.90 Å². The summed E-state index contributed by atoms with van der Waals surface area (Å²) in [5, 5.41) is 7.70. The van der Waals surface area contributed by atoms with Gasteiger partial charge in [-0.3, -0.25) is 0 Å². The Balaban J connectivity index is 1.29. The van der Waals surface area contributed by atoms with Gasteiger partial charge >= 0.3 is 0 Å². The van der Waals surface area contributed by atoms with Gasteiger partial charge in [0.15, 0.2) is 0 Å². The largest absolute Gasteiger partial charge is 0.310 e. The molecule has 250 valence electrons. The number of para-hydroxylation sites is 1. The topological polar surface area (TPSA) is 3.24 Å². The average Bonchev–Trinajstić information content (AvgIpc) is 3.45. The van der Waals surface area contributed by atoms with Crippen molar-refractivity contribution < 1.29 is 0 Å². The Morgan fingerprint density at radius 1 is 0.340 bits per heavy atom. The number of rotatable bonds is 3. The molecule has 9 aromatic rings. The normalized spacial score (nSPS) is 14.9. The maximum atomic E-state index is 2.55. The number of nitrogens with zero attached hydrogens (tertiary/aromatic N) is 1. The SMILES string of the molecule is CC1(C)c2ccccc2-c2cc3c(cc21)N(c1ccc2c4ccccc4c4ccccc4c2c1)c1ccccc1C3(c1ccccc1)c1ccccc1. The minimum atomic E-state index is -0.554. The molecular weight excluding hydrogens is 639 g/mol. The first-order chi connectivity index (χ1) is 26.1. The molecule has 53 heavy (non-hydrogen) atoms. The molecule has 0 atom stereocenters. The quantitative estimate of drug-likeness (QED) is 0.169. The van der Waals surface area contributed by atoms with Crippen LogP contribution in [0.5, 0.6) is 0 Å². The van der Waals surface area contributed by atoms with E-state index in [1.54, 1.807) is 0 Å². The predicted octanol–water partition coefficient (Wildman–Crippen LogP) is 13.6. The summed E-state index contributed by atoms with van der Waals surface area (Å²) in [5.74, 6) is 0. The minimum Gasteiger partial charge on any atom is -0.310 e. The summed E-state index contributed by atoms with van der Waals surface area (Å²) < 4.78 is 0. The molecule has 1 heterocycles. The van der Waals surface area contributed by atoms with Crippen molar-refractivity contribution in [3.8, 4) is 11.1 Å². The molecule has 1 heteroatoms. The van der Waals surface area contributed by atoms with Gasteiger partial charge in [0.25, 0.3) is 0 Å². The third kappa shape index (κ3) is 4.02. The van der Waals surface area contributed by atoms with Gasteiger partial charge in [-0.05, 0) is 107 Å². The molecule has 0 radical (unpaired) electrons. The molecular formula is C52H37N. The van der Waals surface area contributed by atoms with Crippen molar-refractivity contribution in [2.24, 2.45) is 0 Å². The van der Waals surface area contributed by atoms with Crippen LogP contribution in [0.1, 0.15) is 47.2 Å². The highest BCUT2D eigenvalue weighted by Gasteiger charge is 2.48. The first-order valence-corrected chi connectivity index (χ1v) is 18.7. The van der Waals surface area contributed by atoms with Gasteiger partial charge in [0, 0.05) is 11.1 Å². The van der Waals surface area contributed by atoms with Gasteiger partial charge in [-0.2, -0.15) is 0 Å². The molecule has 0 N–H and O–H groups in total. The van der Waals surface area contributed by atoms with Crippen LogP contribution < -0.4 is 4.90 Å². The van der Waals surface area contributed by atoms with Gasteiger partial charge in [-0.15, -0.1) is 0 Å². The first-order valence-electron chi connectivity index (χ1n) is 18.7. The molecule has 0 spiro atoms. The van der Waals surface area contributed by atoms with Gasteiger partial charge in [-0.1, -0.05) is 172 Å². The van der Waals surface area contributed by atoms with E-state index in [0.717, 1.165) is 5.69 Å². The summed E-state index contributed by atoms with van der Waals surface area (Å²) in [6.45, 7) is 4.78. The molecule has 1 nitrogen and oxygen atoms in total. The zero-order chi connectivity index (χ0) is 35.3. The van der Waals surface area contributed by atoms with Crippen LogP contribution in [0.4, 0.5) is 17.1 Å². The highest BCUT2D eigenvalue weighted by molar-refractivity contribution is 6.25. The summed E-state index contributed by atoms with van der Waals surface area (Å²) >= 11 is 0. The van der Waals surface area contributed by atoms with Crippen molar-refractivity contribution in [3.05, 3.63) is 221 Å². The van der Waals surface area contributed by atoms with Crippen molar-refractivity contribution >= 4 is 49.4 Å². The second-order valence-electron chi connectivity index (χ2n) is 15.2. The Hall–Kier alpha value is -6.44. The zero-order valence-electron chi connectivity index (χ0n) is 29.8. The molecule has 0 saturated heterocycles. The number of benzene rings is 9. The Kier molecular flexibility index (Phi) is 6.29. The van der Waals surface area contributed by atoms with Crippen molar-refractivity contribution in [3.63, 3.8) is 0 Å². The monoisotopic (exact) mass is 675 g/mol. The second kappa shape index (κ2) is 11.0. The highest BCUT2D eigenvalue weighted by atomic mass is 15.2. The van der Waals surface area contributed by atoms with Crippen molar-refractivity contribution in [2.45, 2.75) is 24.7 Å². The molecule has 0 aromatic heterocycles. The molecule has 1 aliphatic heterocycles. The molecule has 0 fully saturated rings. The number of fused-ring (bicyclic) bond motifs is 11. The third-order valence-electron chi connectivity index (χ3n) is 12.3. The fourth-order valence-corrected chi connectivity index (χ4v) is 9.96. The van der Waals surface area contributed by atoms with E-state index in [1.807, 2.05) is 0 Å². The van der Waals surface area contributed by atoms with Crippen LogP contribution in [0.15, 0.2) is 188 Å². The number of anilines is 3. The van der Waals surface area contributed by atoms with Gasteiger partial charge < -0.3 is 4.90 Å². The summed E-state index contributed by atoms with van der Waals surface area (Å²) in [6.07, 6.45) is 0. The molecule has 0 unspecified atom stereocenters. The molecule has 11 rings (SSSR count). The minimum absolute atomic E-state index is 0.149. The molecule has 0 amide bonds. The van der Waals surface area contributed by atoms with E-state index in [-0.39, 0.29) is 5.41 Å². The Labute approximate surface area is 310 Å². The third-order valence-corrected chi connectivity index (χ3v) is 12.3.